The van der Waals surface area contributed by atoms with Crippen molar-refractivity contribution in [3.8, 4) is 0 Å². The lowest BCUT2D eigenvalue weighted by molar-refractivity contribution is 0.187. The Kier molecular flexibility index (Phi) is 5.05. The predicted molar refractivity (Wildman–Crippen MR) is 68.8 cm³/mol. The van der Waals surface area contributed by atoms with E-state index in [0.29, 0.717) is 18.0 Å². The third-order valence-electron chi connectivity index (χ3n) is 2.54. The number of hydrogen-bond acceptors (Lipinski definition) is 6. The zero-order chi connectivity index (χ0) is 13.1. The Morgan fingerprint density at radius 3 is 2.76 bits per heavy atom. The van der Waals surface area contributed by atoms with Gasteiger partial charge in [0.25, 0.3) is 0 Å². The Labute approximate surface area is 106 Å². The molecule has 2 N–H and O–H groups in total. The van der Waals surface area contributed by atoms with Crippen molar-refractivity contribution < 1.29 is 13.2 Å². The van der Waals surface area contributed by atoms with E-state index in [1.165, 1.54) is 17.6 Å². The zero-order valence-electron chi connectivity index (χ0n) is 10.2. The fourth-order valence-electron chi connectivity index (χ4n) is 1.23. The lowest BCUT2D eigenvalue weighted by Gasteiger charge is -2.08. The molecule has 0 fully saturated rings. The van der Waals surface area contributed by atoms with E-state index in [1.807, 2.05) is 5.38 Å². The van der Waals surface area contributed by atoms with Gasteiger partial charge in [-0.15, -0.1) is 11.3 Å². The van der Waals surface area contributed by atoms with Crippen LogP contribution < -0.4 is 5.73 Å². The van der Waals surface area contributed by atoms with Crippen molar-refractivity contribution in [1.82, 2.24) is 4.98 Å². The van der Waals surface area contributed by atoms with E-state index in [9.17, 15) is 8.42 Å². The molecule has 0 aliphatic rings. The molecule has 0 bridgehead atoms. The van der Waals surface area contributed by atoms with Crippen LogP contribution in [0.2, 0.25) is 0 Å². The highest BCUT2D eigenvalue weighted by Crippen LogP contribution is 2.26. The molecule has 1 rings (SSSR count). The van der Waals surface area contributed by atoms with Crippen molar-refractivity contribution >= 4 is 21.2 Å². The maximum atomic E-state index is 11.4. The standard InChI is InChI=1S/C10H18N2O3S2/c1-7(17(3,13)14)10-12-9(6-16-10)8(11)4-5-15-2/h6-8H,4-5,11H2,1-3H3. The van der Waals surface area contributed by atoms with Gasteiger partial charge in [-0.05, 0) is 13.3 Å². The highest BCUT2D eigenvalue weighted by atomic mass is 32.2. The van der Waals surface area contributed by atoms with E-state index in [0.717, 1.165) is 5.69 Å². The van der Waals surface area contributed by atoms with Gasteiger partial charge in [0.1, 0.15) is 10.3 Å². The predicted octanol–water partition coefficient (Wildman–Crippen LogP) is 1.29. The molecular formula is C10H18N2O3S2. The molecule has 2 unspecified atom stereocenters. The van der Waals surface area contributed by atoms with Crippen LogP contribution in [0.5, 0.6) is 0 Å². The minimum Gasteiger partial charge on any atom is -0.385 e. The maximum absolute atomic E-state index is 11.4. The van der Waals surface area contributed by atoms with Gasteiger partial charge in [0.2, 0.25) is 0 Å². The molecule has 0 saturated heterocycles. The summed E-state index contributed by atoms with van der Waals surface area (Å²) in [5, 5.41) is 1.84. The van der Waals surface area contributed by atoms with E-state index in [1.54, 1.807) is 14.0 Å². The molecule has 1 heterocycles. The van der Waals surface area contributed by atoms with Crippen LogP contribution in [0.3, 0.4) is 0 Å². The Balaban J connectivity index is 2.78. The van der Waals surface area contributed by atoms with Gasteiger partial charge in [-0.1, -0.05) is 0 Å². The van der Waals surface area contributed by atoms with Gasteiger partial charge in [-0.3, -0.25) is 0 Å². The van der Waals surface area contributed by atoms with Crippen LogP contribution in [0, 0.1) is 0 Å². The van der Waals surface area contributed by atoms with E-state index >= 15 is 0 Å². The zero-order valence-corrected chi connectivity index (χ0v) is 11.8. The van der Waals surface area contributed by atoms with Crippen LogP contribution in [0.15, 0.2) is 5.38 Å². The maximum Gasteiger partial charge on any atom is 0.156 e. The second-order valence-corrected chi connectivity index (χ2v) is 7.23. The van der Waals surface area contributed by atoms with Gasteiger partial charge >= 0.3 is 0 Å². The van der Waals surface area contributed by atoms with E-state index in [2.05, 4.69) is 4.98 Å². The first-order valence-corrected chi connectivity index (χ1v) is 8.08. The Morgan fingerprint density at radius 2 is 2.24 bits per heavy atom. The smallest absolute Gasteiger partial charge is 0.156 e. The van der Waals surface area contributed by atoms with Crippen LogP contribution in [0.4, 0.5) is 0 Å². The van der Waals surface area contributed by atoms with Crippen LogP contribution in [0.25, 0.3) is 0 Å². The summed E-state index contributed by atoms with van der Waals surface area (Å²) in [6.07, 6.45) is 1.89. The van der Waals surface area contributed by atoms with Crippen LogP contribution in [-0.4, -0.2) is 33.4 Å². The molecule has 0 radical (unpaired) electrons. The molecule has 1 aromatic rings. The number of nitrogens with two attached hydrogens (primary N) is 1. The van der Waals surface area contributed by atoms with Crippen molar-refractivity contribution in [3.05, 3.63) is 16.1 Å². The van der Waals surface area contributed by atoms with E-state index in [-0.39, 0.29) is 6.04 Å². The number of ether oxygens (including phenoxy) is 1. The molecule has 0 amide bonds. The first-order chi connectivity index (χ1) is 7.86. The summed E-state index contributed by atoms with van der Waals surface area (Å²) in [5.74, 6) is 0. The summed E-state index contributed by atoms with van der Waals surface area (Å²) in [6.45, 7) is 2.20. The first kappa shape index (κ1) is 14.6. The number of sulfone groups is 1. The number of rotatable bonds is 6. The summed E-state index contributed by atoms with van der Waals surface area (Å²) in [6, 6.07) is -0.202. The molecule has 0 saturated carbocycles. The SMILES string of the molecule is COCCC(N)c1csc(C(C)S(C)(=O)=O)n1. The van der Waals surface area contributed by atoms with Crippen molar-refractivity contribution in [2.24, 2.45) is 5.73 Å². The van der Waals surface area contributed by atoms with Gasteiger partial charge in [0, 0.05) is 25.4 Å². The molecular weight excluding hydrogens is 260 g/mol. The Morgan fingerprint density at radius 1 is 1.59 bits per heavy atom. The molecule has 7 heteroatoms. The normalized spacial score (nSPS) is 15.8. The van der Waals surface area contributed by atoms with Crippen molar-refractivity contribution in [3.63, 3.8) is 0 Å². The van der Waals surface area contributed by atoms with Gasteiger partial charge in [-0.25, -0.2) is 13.4 Å². The van der Waals surface area contributed by atoms with Crippen molar-refractivity contribution in [2.45, 2.75) is 24.6 Å². The summed E-state index contributed by atoms with van der Waals surface area (Å²) in [5.41, 5.74) is 6.65. The molecule has 98 valence electrons. The number of thiazole rings is 1. The molecule has 17 heavy (non-hydrogen) atoms. The number of methoxy groups -OCH3 is 1. The summed E-state index contributed by atoms with van der Waals surface area (Å²) in [7, 11) is -1.49. The molecule has 2 atom stereocenters. The monoisotopic (exact) mass is 278 g/mol. The molecule has 0 aliphatic heterocycles. The molecule has 1 aromatic heterocycles. The summed E-state index contributed by atoms with van der Waals surface area (Å²) in [4.78, 5) is 4.29. The Bertz CT molecular complexity index is 456. The summed E-state index contributed by atoms with van der Waals surface area (Å²) >= 11 is 1.34. The second-order valence-electron chi connectivity index (χ2n) is 3.97. The molecule has 0 spiro atoms. The highest BCUT2D eigenvalue weighted by Gasteiger charge is 2.21. The second kappa shape index (κ2) is 5.90. The number of nitrogens with zero attached hydrogens (tertiary/aromatic N) is 1. The quantitative estimate of drug-likeness (QED) is 0.847. The van der Waals surface area contributed by atoms with E-state index < -0.39 is 15.1 Å². The Hall–Kier alpha value is -0.500. The largest absolute Gasteiger partial charge is 0.385 e. The number of hydrogen-bond donors (Lipinski definition) is 1. The van der Waals surface area contributed by atoms with Gasteiger partial charge in [-0.2, -0.15) is 0 Å². The van der Waals surface area contributed by atoms with Gasteiger partial charge < -0.3 is 10.5 Å². The molecule has 5 nitrogen and oxygen atoms in total. The van der Waals surface area contributed by atoms with Crippen molar-refractivity contribution in [2.75, 3.05) is 20.0 Å². The third-order valence-corrected chi connectivity index (χ3v) is 5.25. The minimum atomic E-state index is -3.10. The molecule has 0 aromatic carbocycles. The lowest BCUT2D eigenvalue weighted by atomic mass is 10.2. The highest BCUT2D eigenvalue weighted by molar-refractivity contribution is 7.91. The third kappa shape index (κ3) is 4.02. The van der Waals surface area contributed by atoms with E-state index in [4.69, 9.17) is 10.5 Å². The fraction of sp³-hybridized carbons (Fsp3) is 0.700. The van der Waals surface area contributed by atoms with Crippen LogP contribution >= 0.6 is 11.3 Å². The summed E-state index contributed by atoms with van der Waals surface area (Å²) < 4.78 is 27.7. The van der Waals surface area contributed by atoms with Crippen LogP contribution in [0.1, 0.15) is 35.3 Å². The fourth-order valence-corrected chi connectivity index (χ4v) is 3.16. The average molecular weight is 278 g/mol. The van der Waals surface area contributed by atoms with Crippen LogP contribution in [-0.2, 0) is 14.6 Å². The topological polar surface area (TPSA) is 82.3 Å². The van der Waals surface area contributed by atoms with Gasteiger partial charge in [0.15, 0.2) is 9.84 Å². The molecule has 0 aliphatic carbocycles. The number of aromatic nitrogens is 1. The average Bonchev–Trinajstić information content (AvgIpc) is 2.72. The van der Waals surface area contributed by atoms with Gasteiger partial charge in [0.05, 0.1) is 11.7 Å². The lowest BCUT2D eigenvalue weighted by Crippen LogP contribution is -2.14. The van der Waals surface area contributed by atoms with Crippen molar-refractivity contribution in [1.29, 1.82) is 0 Å². The first-order valence-electron chi connectivity index (χ1n) is 5.25. The minimum absolute atomic E-state index is 0.202.